The molecule has 0 amide bonds. The molecule has 1 aromatic rings. The highest BCUT2D eigenvalue weighted by Gasteiger charge is 2.16. The Morgan fingerprint density at radius 1 is 1.57 bits per heavy atom. The van der Waals surface area contributed by atoms with Crippen LogP contribution in [0, 0.1) is 0 Å². The molecule has 1 rings (SSSR count). The van der Waals surface area contributed by atoms with Gasteiger partial charge in [-0.2, -0.15) is 0 Å². The standard InChI is InChI=1S/C7H12N4O2S/c1-11(14(2,12)13)7-6(5-8)9-3-4-10-7/h3-4H,5,8H2,1-2H3/i1D3. The monoisotopic (exact) mass is 219 g/mol. The van der Waals surface area contributed by atoms with Gasteiger partial charge in [0.05, 0.1) is 11.9 Å². The number of sulfonamides is 1. The van der Waals surface area contributed by atoms with E-state index in [-0.39, 0.29) is 22.4 Å². The van der Waals surface area contributed by atoms with Crippen molar-refractivity contribution in [1.82, 2.24) is 9.97 Å². The maximum absolute atomic E-state index is 11.5. The van der Waals surface area contributed by atoms with Crippen LogP contribution in [-0.2, 0) is 16.6 Å². The minimum atomic E-state index is -4.00. The second-order valence-electron chi connectivity index (χ2n) is 2.56. The van der Waals surface area contributed by atoms with Gasteiger partial charge >= 0.3 is 0 Å². The number of hydrogen-bond donors (Lipinski definition) is 1. The van der Waals surface area contributed by atoms with Crippen LogP contribution in [-0.4, -0.2) is 31.6 Å². The van der Waals surface area contributed by atoms with Crippen LogP contribution in [0.1, 0.15) is 9.81 Å². The second kappa shape index (κ2) is 3.89. The summed E-state index contributed by atoms with van der Waals surface area (Å²) >= 11 is 0. The smallest absolute Gasteiger partial charge is 0.233 e. The zero-order valence-corrected chi connectivity index (χ0v) is 8.32. The Balaban J connectivity index is 3.44. The molecule has 1 aromatic heterocycles. The topological polar surface area (TPSA) is 89.2 Å². The van der Waals surface area contributed by atoms with Gasteiger partial charge in [0.25, 0.3) is 0 Å². The normalized spacial score (nSPS) is 15.4. The number of rotatable bonds is 3. The third-order valence-corrected chi connectivity index (χ3v) is 2.31. The Morgan fingerprint density at radius 3 is 2.71 bits per heavy atom. The van der Waals surface area contributed by atoms with Crippen LogP contribution in [0.15, 0.2) is 12.4 Å². The lowest BCUT2D eigenvalue weighted by Gasteiger charge is -2.16. The molecule has 2 N–H and O–H groups in total. The fourth-order valence-electron chi connectivity index (χ4n) is 0.830. The summed E-state index contributed by atoms with van der Waals surface area (Å²) in [6.07, 6.45) is 3.30. The number of aromatic nitrogens is 2. The highest BCUT2D eigenvalue weighted by molar-refractivity contribution is 7.92. The summed E-state index contributed by atoms with van der Waals surface area (Å²) in [4.78, 5) is 7.53. The lowest BCUT2D eigenvalue weighted by atomic mass is 10.4. The zero-order chi connectivity index (χ0) is 13.3. The predicted molar refractivity (Wildman–Crippen MR) is 53.2 cm³/mol. The van der Waals surface area contributed by atoms with E-state index in [0.29, 0.717) is 0 Å². The Hall–Kier alpha value is -1.21. The summed E-state index contributed by atoms with van der Waals surface area (Å²) in [7, 11) is -4.00. The molecule has 0 saturated heterocycles. The fourth-order valence-corrected chi connectivity index (χ4v) is 1.30. The van der Waals surface area contributed by atoms with Crippen LogP contribution in [0.4, 0.5) is 5.82 Å². The first kappa shape index (κ1) is 7.13. The largest absolute Gasteiger partial charge is 0.325 e. The lowest BCUT2D eigenvalue weighted by Crippen LogP contribution is -2.27. The van der Waals surface area contributed by atoms with Crippen molar-refractivity contribution in [3.8, 4) is 0 Å². The van der Waals surface area contributed by atoms with E-state index in [2.05, 4.69) is 9.97 Å². The van der Waals surface area contributed by atoms with Gasteiger partial charge in [-0.1, -0.05) is 0 Å². The van der Waals surface area contributed by atoms with Crippen molar-refractivity contribution < 1.29 is 12.5 Å². The maximum Gasteiger partial charge on any atom is 0.233 e. The summed E-state index contributed by atoms with van der Waals surface area (Å²) in [5.41, 5.74) is 5.47. The number of anilines is 1. The first-order chi connectivity index (χ1) is 7.68. The Labute approximate surface area is 87.0 Å². The average molecular weight is 219 g/mol. The van der Waals surface area contributed by atoms with Crippen molar-refractivity contribution in [2.24, 2.45) is 5.73 Å². The molecule has 0 radical (unpaired) electrons. The molecule has 6 nitrogen and oxygen atoms in total. The van der Waals surface area contributed by atoms with Gasteiger partial charge in [0.2, 0.25) is 10.0 Å². The van der Waals surface area contributed by atoms with E-state index < -0.39 is 17.0 Å². The van der Waals surface area contributed by atoms with E-state index in [9.17, 15) is 8.42 Å². The molecular weight excluding hydrogens is 204 g/mol. The summed E-state index contributed by atoms with van der Waals surface area (Å²) < 4.78 is 44.9. The molecule has 0 unspecified atom stereocenters. The predicted octanol–water partition coefficient (Wildman–Crippen LogP) is -0.669. The molecule has 0 spiro atoms. The maximum atomic E-state index is 11.5. The van der Waals surface area contributed by atoms with Crippen LogP contribution in [0.2, 0.25) is 0 Å². The van der Waals surface area contributed by atoms with Crippen molar-refractivity contribution >= 4 is 15.8 Å². The van der Waals surface area contributed by atoms with E-state index in [4.69, 9.17) is 9.85 Å². The molecule has 14 heavy (non-hydrogen) atoms. The van der Waals surface area contributed by atoms with Crippen LogP contribution in [0.25, 0.3) is 0 Å². The molecule has 0 aliphatic heterocycles. The molecule has 78 valence electrons. The molecule has 0 aliphatic carbocycles. The van der Waals surface area contributed by atoms with E-state index in [0.717, 1.165) is 6.26 Å². The van der Waals surface area contributed by atoms with Crippen molar-refractivity contribution in [3.63, 3.8) is 0 Å². The minimum Gasteiger partial charge on any atom is -0.325 e. The molecule has 0 aromatic carbocycles. The third kappa shape index (κ3) is 2.18. The van der Waals surface area contributed by atoms with Gasteiger partial charge in [0, 0.05) is 30.0 Å². The molecule has 7 heteroatoms. The van der Waals surface area contributed by atoms with E-state index in [1.807, 2.05) is 0 Å². The van der Waals surface area contributed by atoms with E-state index >= 15 is 0 Å². The summed E-state index contributed by atoms with van der Waals surface area (Å²) in [6.45, 7) is -2.97. The molecule has 0 aliphatic rings. The molecule has 0 bridgehead atoms. The molecular formula is C7H12N4O2S. The molecule has 0 saturated carbocycles. The summed E-state index contributed by atoms with van der Waals surface area (Å²) in [6, 6.07) is 0. The molecule has 0 fully saturated rings. The van der Waals surface area contributed by atoms with Crippen LogP contribution in [0.3, 0.4) is 0 Å². The van der Waals surface area contributed by atoms with Gasteiger partial charge in [-0.25, -0.2) is 13.4 Å². The third-order valence-electron chi connectivity index (χ3n) is 1.47. The lowest BCUT2D eigenvalue weighted by molar-refractivity contribution is 0.599. The van der Waals surface area contributed by atoms with Gasteiger partial charge in [-0.3, -0.25) is 9.29 Å². The van der Waals surface area contributed by atoms with E-state index in [1.165, 1.54) is 12.4 Å². The zero-order valence-electron chi connectivity index (χ0n) is 10.5. The minimum absolute atomic E-state index is 0.106. The van der Waals surface area contributed by atoms with Gasteiger partial charge < -0.3 is 5.73 Å². The summed E-state index contributed by atoms with van der Waals surface area (Å²) in [5.74, 6) is -0.266. The van der Waals surface area contributed by atoms with Crippen LogP contribution < -0.4 is 10.0 Å². The number of hydrogen-bond acceptors (Lipinski definition) is 5. The highest BCUT2D eigenvalue weighted by atomic mass is 32.2. The van der Waals surface area contributed by atoms with Gasteiger partial charge in [0.15, 0.2) is 5.82 Å². The van der Waals surface area contributed by atoms with Gasteiger partial charge in [0.1, 0.15) is 0 Å². The summed E-state index contributed by atoms with van der Waals surface area (Å²) in [5, 5.41) is 0. The molecule has 0 atom stereocenters. The van der Waals surface area contributed by atoms with Crippen LogP contribution >= 0.6 is 0 Å². The quantitative estimate of drug-likeness (QED) is 0.728. The van der Waals surface area contributed by atoms with Gasteiger partial charge in [-0.15, -0.1) is 0 Å². The fraction of sp³-hybridized carbons (Fsp3) is 0.429. The Kier molecular flexibility index (Phi) is 1.98. The van der Waals surface area contributed by atoms with Crippen molar-refractivity contribution in [1.29, 1.82) is 0 Å². The van der Waals surface area contributed by atoms with Gasteiger partial charge in [-0.05, 0) is 0 Å². The second-order valence-corrected chi connectivity index (χ2v) is 4.39. The molecule has 1 heterocycles. The van der Waals surface area contributed by atoms with Crippen molar-refractivity contribution in [3.05, 3.63) is 18.1 Å². The SMILES string of the molecule is [2H]C([2H])([2H])N(c1nccnc1CN)S(C)(=O)=O. The first-order valence-electron chi connectivity index (χ1n) is 5.18. The Bertz CT molecular complexity index is 502. The number of nitrogens with two attached hydrogens (primary N) is 1. The van der Waals surface area contributed by atoms with E-state index in [1.54, 1.807) is 0 Å². The highest BCUT2D eigenvalue weighted by Crippen LogP contribution is 2.14. The number of nitrogens with zero attached hydrogens (tertiary/aromatic N) is 3. The van der Waals surface area contributed by atoms with Crippen molar-refractivity contribution in [2.75, 3.05) is 17.5 Å². The van der Waals surface area contributed by atoms with Crippen LogP contribution in [0.5, 0.6) is 0 Å². The Morgan fingerprint density at radius 2 is 2.21 bits per heavy atom. The first-order valence-corrected chi connectivity index (χ1v) is 5.53. The average Bonchev–Trinajstić information content (AvgIpc) is 2.14. The van der Waals surface area contributed by atoms with Crippen molar-refractivity contribution in [2.45, 2.75) is 6.54 Å².